The lowest BCUT2D eigenvalue weighted by Gasteiger charge is -2.28. The van der Waals surface area contributed by atoms with E-state index in [-0.39, 0.29) is 11.7 Å². The fraction of sp³-hybridized carbons (Fsp3) is 0.214. The fourth-order valence-corrected chi connectivity index (χ4v) is 5.72. The van der Waals surface area contributed by atoms with E-state index in [0.29, 0.717) is 27.3 Å². The quantitative estimate of drug-likeness (QED) is 0.260. The number of aryl methyl sites for hydroxylation is 1. The van der Waals surface area contributed by atoms with Crippen LogP contribution in [0.4, 0.5) is 18.9 Å². The Morgan fingerprint density at radius 2 is 1.76 bits per heavy atom. The van der Waals surface area contributed by atoms with Crippen LogP contribution in [0.25, 0.3) is 5.69 Å². The zero-order chi connectivity index (χ0) is 27.2. The monoisotopic (exact) mass is 556 g/mol. The number of thiocarbonyl (C=S) groups is 1. The third-order valence-corrected chi connectivity index (χ3v) is 7.36. The summed E-state index contributed by atoms with van der Waals surface area (Å²) in [4.78, 5) is 6.49. The molecule has 0 saturated carbocycles. The lowest BCUT2D eigenvalue weighted by atomic mass is 9.96. The maximum absolute atomic E-state index is 13.9. The Morgan fingerprint density at radius 3 is 2.42 bits per heavy atom. The maximum atomic E-state index is 13.9. The van der Waals surface area contributed by atoms with Gasteiger partial charge >= 0.3 is 6.18 Å². The minimum absolute atomic E-state index is 0.0724. The molecule has 1 aliphatic heterocycles. The van der Waals surface area contributed by atoms with Gasteiger partial charge in [0.25, 0.3) is 0 Å². The highest BCUT2D eigenvalue weighted by atomic mass is 35.5. The molecule has 196 valence electrons. The predicted octanol–water partition coefficient (Wildman–Crippen LogP) is 7.35. The van der Waals surface area contributed by atoms with Crippen molar-refractivity contribution >= 4 is 34.6 Å². The first-order chi connectivity index (χ1) is 18.1. The highest BCUT2D eigenvalue weighted by Crippen LogP contribution is 2.45. The van der Waals surface area contributed by atoms with E-state index in [1.165, 1.54) is 19.2 Å². The van der Waals surface area contributed by atoms with Crippen LogP contribution >= 0.6 is 23.8 Å². The number of ether oxygens (including phenoxy) is 1. The zero-order valence-corrected chi connectivity index (χ0v) is 22.3. The minimum atomic E-state index is -4.50. The van der Waals surface area contributed by atoms with E-state index in [4.69, 9.17) is 28.6 Å². The van der Waals surface area contributed by atoms with E-state index >= 15 is 0 Å². The van der Waals surface area contributed by atoms with Crippen LogP contribution in [-0.4, -0.2) is 21.8 Å². The largest absolute Gasteiger partial charge is 0.495 e. The van der Waals surface area contributed by atoms with E-state index in [0.717, 1.165) is 23.0 Å². The summed E-state index contributed by atoms with van der Waals surface area (Å²) in [5.74, 6) is 0.522. The number of methoxy groups -OCH3 is 1. The van der Waals surface area contributed by atoms with Crippen LogP contribution in [0, 0.1) is 13.8 Å². The average Bonchev–Trinajstić information content (AvgIpc) is 3.38. The van der Waals surface area contributed by atoms with Gasteiger partial charge in [0.05, 0.1) is 41.2 Å². The second-order valence-corrected chi connectivity index (χ2v) is 9.79. The molecule has 3 heterocycles. The number of nitrogens with zero attached hydrogens (tertiary/aromatic N) is 3. The maximum Gasteiger partial charge on any atom is 0.418 e. The van der Waals surface area contributed by atoms with Crippen molar-refractivity contribution in [2.45, 2.75) is 32.1 Å². The van der Waals surface area contributed by atoms with Gasteiger partial charge in [-0.1, -0.05) is 29.8 Å². The predicted molar refractivity (Wildman–Crippen MR) is 146 cm³/mol. The summed E-state index contributed by atoms with van der Waals surface area (Å²) in [7, 11) is 1.54. The Balaban J connectivity index is 1.70. The Morgan fingerprint density at radius 1 is 1.03 bits per heavy atom. The van der Waals surface area contributed by atoms with E-state index in [2.05, 4.69) is 10.3 Å². The number of rotatable bonds is 5. The van der Waals surface area contributed by atoms with Crippen molar-refractivity contribution in [2.24, 2.45) is 0 Å². The van der Waals surface area contributed by atoms with Crippen molar-refractivity contribution in [3.8, 4) is 11.4 Å². The van der Waals surface area contributed by atoms with Crippen LogP contribution < -0.4 is 15.0 Å². The summed E-state index contributed by atoms with van der Waals surface area (Å²) < 4.78 is 48.8. The number of halogens is 4. The van der Waals surface area contributed by atoms with Gasteiger partial charge in [-0.15, -0.1) is 0 Å². The van der Waals surface area contributed by atoms with Gasteiger partial charge in [0.2, 0.25) is 0 Å². The number of hydrogen-bond donors (Lipinski definition) is 1. The number of aromatic nitrogens is 2. The van der Waals surface area contributed by atoms with Crippen molar-refractivity contribution in [3.63, 3.8) is 0 Å². The van der Waals surface area contributed by atoms with Crippen LogP contribution in [-0.2, 0) is 6.18 Å². The lowest BCUT2D eigenvalue weighted by Crippen LogP contribution is -2.29. The Bertz CT molecular complexity index is 1510. The van der Waals surface area contributed by atoms with Crippen molar-refractivity contribution in [2.75, 3.05) is 12.0 Å². The molecule has 0 radical (unpaired) electrons. The number of hydrogen-bond acceptors (Lipinski definition) is 3. The number of para-hydroxylation sites is 1. The number of benzene rings is 2. The lowest BCUT2D eigenvalue weighted by molar-refractivity contribution is -0.137. The van der Waals surface area contributed by atoms with Crippen molar-refractivity contribution in [1.82, 2.24) is 14.9 Å². The average molecular weight is 557 g/mol. The minimum Gasteiger partial charge on any atom is -0.495 e. The number of anilines is 1. The number of pyridine rings is 1. The molecule has 0 aliphatic carbocycles. The molecule has 4 aromatic rings. The van der Waals surface area contributed by atoms with Crippen molar-refractivity contribution < 1.29 is 17.9 Å². The van der Waals surface area contributed by atoms with E-state index < -0.39 is 17.8 Å². The topological polar surface area (TPSA) is 42.3 Å². The first-order valence-corrected chi connectivity index (χ1v) is 12.6. The molecule has 1 fully saturated rings. The number of alkyl halides is 3. The zero-order valence-electron chi connectivity index (χ0n) is 20.8. The molecule has 0 amide bonds. The molecule has 38 heavy (non-hydrogen) atoms. The summed E-state index contributed by atoms with van der Waals surface area (Å²) in [5, 5.41) is 4.24. The molecule has 10 heteroatoms. The van der Waals surface area contributed by atoms with Gasteiger partial charge in [-0.25, -0.2) is 0 Å². The summed E-state index contributed by atoms with van der Waals surface area (Å²) in [6.07, 6.45) is -2.80. The van der Waals surface area contributed by atoms with Crippen molar-refractivity contribution in [1.29, 1.82) is 0 Å². The molecule has 0 spiro atoms. The van der Waals surface area contributed by atoms with E-state index in [1.807, 2.05) is 42.2 Å². The van der Waals surface area contributed by atoms with E-state index in [9.17, 15) is 13.2 Å². The second-order valence-electron chi connectivity index (χ2n) is 8.99. The smallest absolute Gasteiger partial charge is 0.418 e. The molecule has 1 saturated heterocycles. The molecule has 5 nitrogen and oxygen atoms in total. The van der Waals surface area contributed by atoms with Gasteiger partial charge in [0.1, 0.15) is 5.75 Å². The third kappa shape index (κ3) is 4.50. The molecule has 0 bridgehead atoms. The summed E-state index contributed by atoms with van der Waals surface area (Å²) >= 11 is 12.2. The Hall–Kier alpha value is -3.56. The van der Waals surface area contributed by atoms with Crippen LogP contribution in [0.2, 0.25) is 5.02 Å². The number of nitrogens with one attached hydrogen (secondary N) is 1. The van der Waals surface area contributed by atoms with Gasteiger partial charge in [0.15, 0.2) is 5.11 Å². The van der Waals surface area contributed by atoms with E-state index in [1.54, 1.807) is 35.9 Å². The highest BCUT2D eigenvalue weighted by molar-refractivity contribution is 7.80. The molecule has 1 aliphatic rings. The molecule has 1 N–H and O–H groups in total. The van der Waals surface area contributed by atoms with Crippen LogP contribution in [0.5, 0.6) is 5.75 Å². The normalized spacial score (nSPS) is 17.6. The van der Waals surface area contributed by atoms with Gasteiger partial charge in [-0.3, -0.25) is 4.98 Å². The van der Waals surface area contributed by atoms with Crippen LogP contribution in [0.15, 0.2) is 72.9 Å². The molecular formula is C28H24ClF3N4OS. The Labute approximate surface area is 228 Å². The molecular weight excluding hydrogens is 533 g/mol. The van der Waals surface area contributed by atoms with Crippen LogP contribution in [0.1, 0.15) is 40.3 Å². The van der Waals surface area contributed by atoms with Gasteiger partial charge in [-0.05, 0) is 80.2 Å². The summed E-state index contributed by atoms with van der Waals surface area (Å²) in [6, 6.07) is 17.7. The standard InChI is InChI=1S/C28H24ClF3N4OS/c1-16-14-19(17(2)35(16)23-10-5-4-8-20(23)28(30,31)32)26-25(22-9-6-7-13-33-22)34-27(38)36(26)18-11-12-24(37-3)21(29)15-18/h4-15,25-26H,1-3H3,(H,34,38)/t25-,26-/m0/s1. The molecule has 0 unspecified atom stereocenters. The SMILES string of the molecule is COc1ccc(N2C(=S)N[C@@H](c3ccccn3)[C@@H]2c2cc(C)n(-c3ccccc3C(F)(F)F)c2C)cc1Cl. The first kappa shape index (κ1) is 26.1. The third-order valence-electron chi connectivity index (χ3n) is 6.75. The fourth-order valence-electron chi connectivity index (χ4n) is 5.12. The Kier molecular flexibility index (Phi) is 6.83. The van der Waals surface area contributed by atoms with Crippen LogP contribution in [0.3, 0.4) is 0 Å². The van der Waals surface area contributed by atoms with Gasteiger partial charge in [-0.2, -0.15) is 13.2 Å². The second kappa shape index (κ2) is 9.96. The molecule has 2 atom stereocenters. The van der Waals surface area contributed by atoms with Crippen molar-refractivity contribution in [3.05, 3.63) is 106 Å². The molecule has 2 aromatic heterocycles. The summed E-state index contributed by atoms with van der Waals surface area (Å²) in [6.45, 7) is 3.63. The first-order valence-electron chi connectivity index (χ1n) is 11.8. The highest BCUT2D eigenvalue weighted by Gasteiger charge is 2.43. The molecule has 5 rings (SSSR count). The summed E-state index contributed by atoms with van der Waals surface area (Å²) in [5.41, 5.74) is 2.99. The molecule has 2 aromatic carbocycles. The van der Waals surface area contributed by atoms with Gasteiger partial charge in [0, 0.05) is 23.3 Å². The van der Waals surface area contributed by atoms with Gasteiger partial charge < -0.3 is 19.5 Å².